The molecule has 2 aromatic rings. The molecule has 2 aromatic heterocycles. The molecule has 0 spiro atoms. The number of hydrogen-bond donors (Lipinski definition) is 1. The molecule has 1 aliphatic heterocycles. The van der Waals surface area contributed by atoms with Crippen molar-refractivity contribution in [3.63, 3.8) is 0 Å². The summed E-state index contributed by atoms with van der Waals surface area (Å²) in [6.07, 6.45) is 7.07. The minimum Gasteiger partial charge on any atom is -0.373 e. The van der Waals surface area contributed by atoms with E-state index in [9.17, 15) is 4.79 Å². The van der Waals surface area contributed by atoms with Crippen LogP contribution in [0.5, 0.6) is 0 Å². The van der Waals surface area contributed by atoms with Crippen LogP contribution in [-0.2, 0) is 4.74 Å². The fourth-order valence-electron chi connectivity index (χ4n) is 2.41. The van der Waals surface area contributed by atoms with Crippen LogP contribution in [-0.4, -0.2) is 39.4 Å². The van der Waals surface area contributed by atoms with Crippen molar-refractivity contribution in [2.75, 3.05) is 13.2 Å². The number of carbonyl (C=O) groups is 1. The maximum atomic E-state index is 12.1. The van der Waals surface area contributed by atoms with Crippen LogP contribution in [0.3, 0.4) is 0 Å². The van der Waals surface area contributed by atoms with Gasteiger partial charge in [-0.05, 0) is 38.0 Å². The van der Waals surface area contributed by atoms with Crippen molar-refractivity contribution in [2.45, 2.75) is 25.4 Å². The van der Waals surface area contributed by atoms with Gasteiger partial charge in [0, 0.05) is 31.7 Å². The Morgan fingerprint density at radius 3 is 3.05 bits per heavy atom. The largest absolute Gasteiger partial charge is 0.373 e. The molecule has 1 atom stereocenters. The first-order valence-corrected chi connectivity index (χ1v) is 7.05. The van der Waals surface area contributed by atoms with Gasteiger partial charge >= 0.3 is 0 Å². The van der Waals surface area contributed by atoms with Crippen molar-refractivity contribution in [1.29, 1.82) is 0 Å². The van der Waals surface area contributed by atoms with Gasteiger partial charge in [0.1, 0.15) is 0 Å². The number of aromatic nitrogens is 3. The Hall–Kier alpha value is -2.21. The van der Waals surface area contributed by atoms with Gasteiger partial charge in [-0.25, -0.2) is 9.67 Å². The Balaban J connectivity index is 1.62. The Bertz CT molecular complexity index is 601. The van der Waals surface area contributed by atoms with Gasteiger partial charge in [0.25, 0.3) is 5.91 Å². The van der Waals surface area contributed by atoms with Crippen LogP contribution >= 0.6 is 0 Å². The molecule has 0 aromatic carbocycles. The van der Waals surface area contributed by atoms with E-state index in [2.05, 4.69) is 15.4 Å². The zero-order valence-electron chi connectivity index (χ0n) is 12.0. The molecule has 0 aliphatic carbocycles. The summed E-state index contributed by atoms with van der Waals surface area (Å²) < 4.78 is 7.30. The number of nitrogens with zero attached hydrogens (tertiary/aromatic N) is 3. The van der Waals surface area contributed by atoms with Gasteiger partial charge in [-0.2, -0.15) is 5.10 Å². The predicted molar refractivity (Wildman–Crippen MR) is 77.3 cm³/mol. The SMILES string of the molecule is C[C@]1(CNC(=O)c2ccc(-n3cccn3)nc2)CCCO1. The summed E-state index contributed by atoms with van der Waals surface area (Å²) in [6.45, 7) is 3.32. The molecular formula is C15H18N4O2. The fraction of sp³-hybridized carbons (Fsp3) is 0.400. The molecule has 1 N–H and O–H groups in total. The normalized spacial score (nSPS) is 21.4. The molecule has 6 nitrogen and oxygen atoms in total. The van der Waals surface area contributed by atoms with Gasteiger partial charge in [-0.15, -0.1) is 0 Å². The first-order chi connectivity index (χ1) is 10.2. The lowest BCUT2D eigenvalue weighted by Gasteiger charge is -2.23. The van der Waals surface area contributed by atoms with Crippen molar-refractivity contribution in [1.82, 2.24) is 20.1 Å². The zero-order chi connectivity index (χ0) is 14.7. The summed E-state index contributed by atoms with van der Waals surface area (Å²) in [5, 5.41) is 7.01. The van der Waals surface area contributed by atoms with Crippen LogP contribution in [0.4, 0.5) is 0 Å². The quantitative estimate of drug-likeness (QED) is 0.926. The highest BCUT2D eigenvalue weighted by Crippen LogP contribution is 2.23. The van der Waals surface area contributed by atoms with E-state index in [0.717, 1.165) is 19.4 Å². The van der Waals surface area contributed by atoms with Crippen LogP contribution in [0.2, 0.25) is 0 Å². The van der Waals surface area contributed by atoms with Crippen molar-refractivity contribution >= 4 is 5.91 Å². The molecule has 0 radical (unpaired) electrons. The van der Waals surface area contributed by atoms with E-state index < -0.39 is 0 Å². The third-order valence-electron chi connectivity index (χ3n) is 3.67. The second-order valence-corrected chi connectivity index (χ2v) is 5.44. The summed E-state index contributed by atoms with van der Waals surface area (Å²) in [4.78, 5) is 16.4. The molecule has 0 unspecified atom stereocenters. The molecule has 3 rings (SSSR count). The van der Waals surface area contributed by atoms with E-state index >= 15 is 0 Å². The summed E-state index contributed by atoms with van der Waals surface area (Å²) in [5.74, 6) is 0.550. The minimum absolute atomic E-state index is 0.133. The molecule has 3 heterocycles. The predicted octanol–water partition coefficient (Wildman–Crippen LogP) is 1.57. The number of carbonyl (C=O) groups excluding carboxylic acids is 1. The molecule has 1 saturated heterocycles. The first-order valence-electron chi connectivity index (χ1n) is 7.05. The molecule has 6 heteroatoms. The van der Waals surface area contributed by atoms with E-state index in [1.54, 1.807) is 35.4 Å². The second kappa shape index (κ2) is 5.65. The average molecular weight is 286 g/mol. The highest BCUT2D eigenvalue weighted by atomic mass is 16.5. The van der Waals surface area contributed by atoms with E-state index in [-0.39, 0.29) is 11.5 Å². The maximum Gasteiger partial charge on any atom is 0.252 e. The van der Waals surface area contributed by atoms with Crippen LogP contribution in [0, 0.1) is 0 Å². The van der Waals surface area contributed by atoms with Gasteiger partial charge in [0.15, 0.2) is 5.82 Å². The summed E-state index contributed by atoms with van der Waals surface area (Å²) in [5.41, 5.74) is 0.297. The van der Waals surface area contributed by atoms with Crippen LogP contribution in [0.15, 0.2) is 36.8 Å². The lowest BCUT2D eigenvalue weighted by Crippen LogP contribution is -2.40. The second-order valence-electron chi connectivity index (χ2n) is 5.44. The first kappa shape index (κ1) is 13.8. The lowest BCUT2D eigenvalue weighted by atomic mass is 10.0. The van der Waals surface area contributed by atoms with Crippen LogP contribution < -0.4 is 5.32 Å². The Morgan fingerprint density at radius 2 is 2.43 bits per heavy atom. The zero-order valence-corrected chi connectivity index (χ0v) is 12.0. The van der Waals surface area contributed by atoms with Gasteiger partial charge in [-0.1, -0.05) is 0 Å². The molecular weight excluding hydrogens is 268 g/mol. The van der Waals surface area contributed by atoms with Crippen molar-refractivity contribution in [2.24, 2.45) is 0 Å². The third kappa shape index (κ3) is 3.11. The highest BCUT2D eigenvalue weighted by molar-refractivity contribution is 5.93. The van der Waals surface area contributed by atoms with Gasteiger partial charge < -0.3 is 10.1 Å². The third-order valence-corrected chi connectivity index (χ3v) is 3.67. The van der Waals surface area contributed by atoms with Crippen molar-refractivity contribution in [3.05, 3.63) is 42.4 Å². The smallest absolute Gasteiger partial charge is 0.252 e. The number of rotatable bonds is 4. The number of amides is 1. The monoisotopic (exact) mass is 286 g/mol. The van der Waals surface area contributed by atoms with Gasteiger partial charge in [-0.3, -0.25) is 4.79 Å². The number of ether oxygens (including phenoxy) is 1. The molecule has 21 heavy (non-hydrogen) atoms. The molecule has 1 aliphatic rings. The Kier molecular flexibility index (Phi) is 3.70. The van der Waals surface area contributed by atoms with E-state index in [1.165, 1.54) is 0 Å². The van der Waals surface area contributed by atoms with Crippen molar-refractivity contribution in [3.8, 4) is 5.82 Å². The van der Waals surface area contributed by atoms with Gasteiger partial charge in [0.05, 0.1) is 11.2 Å². The summed E-state index contributed by atoms with van der Waals surface area (Å²) in [6, 6.07) is 5.34. The van der Waals surface area contributed by atoms with E-state index in [0.29, 0.717) is 17.9 Å². The lowest BCUT2D eigenvalue weighted by molar-refractivity contribution is 0.0206. The van der Waals surface area contributed by atoms with Crippen molar-refractivity contribution < 1.29 is 9.53 Å². The minimum atomic E-state index is -0.238. The number of nitrogens with one attached hydrogen (secondary N) is 1. The van der Waals surface area contributed by atoms with E-state index in [4.69, 9.17) is 4.74 Å². The maximum absolute atomic E-state index is 12.1. The van der Waals surface area contributed by atoms with E-state index in [1.807, 2.05) is 13.0 Å². The van der Waals surface area contributed by atoms with Gasteiger partial charge in [0.2, 0.25) is 0 Å². The molecule has 1 fully saturated rings. The molecule has 0 bridgehead atoms. The molecule has 1 amide bonds. The topological polar surface area (TPSA) is 69.0 Å². The average Bonchev–Trinajstić information content (AvgIpc) is 3.17. The number of pyridine rings is 1. The Labute approximate surface area is 123 Å². The summed E-state index contributed by atoms with van der Waals surface area (Å²) in [7, 11) is 0. The molecule has 110 valence electrons. The van der Waals surface area contributed by atoms with Crippen LogP contribution in [0.1, 0.15) is 30.1 Å². The van der Waals surface area contributed by atoms with Crippen LogP contribution in [0.25, 0.3) is 5.82 Å². The molecule has 0 saturated carbocycles. The Morgan fingerprint density at radius 1 is 1.52 bits per heavy atom. The highest BCUT2D eigenvalue weighted by Gasteiger charge is 2.30. The number of hydrogen-bond acceptors (Lipinski definition) is 4. The standard InChI is InChI=1S/C15H18N4O2/c1-15(6-2-9-21-15)11-17-14(20)12-4-5-13(16-10-12)19-8-3-7-18-19/h3-5,7-8,10H,2,6,9,11H2,1H3,(H,17,20)/t15-/m1/s1. The fourth-order valence-corrected chi connectivity index (χ4v) is 2.41. The summed E-state index contributed by atoms with van der Waals surface area (Å²) >= 11 is 0.